The predicted octanol–water partition coefficient (Wildman–Crippen LogP) is 1.67. The lowest BCUT2D eigenvalue weighted by atomic mass is 9.70. The maximum atomic E-state index is 5.44. The number of ether oxygens (including phenoxy) is 1. The van der Waals surface area contributed by atoms with Crippen LogP contribution in [0.15, 0.2) is 48.3 Å². The fourth-order valence-corrected chi connectivity index (χ4v) is 3.79. The summed E-state index contributed by atoms with van der Waals surface area (Å²) in [5, 5.41) is 6.30. The van der Waals surface area contributed by atoms with Gasteiger partial charge in [-0.25, -0.2) is 0 Å². The van der Waals surface area contributed by atoms with Crippen LogP contribution in [-0.4, -0.2) is 13.2 Å². The third-order valence-electron chi connectivity index (χ3n) is 4.78. The Labute approximate surface area is 119 Å². The van der Waals surface area contributed by atoms with Gasteiger partial charge in [0.2, 0.25) is 0 Å². The van der Waals surface area contributed by atoms with E-state index in [1.807, 2.05) is 0 Å². The Morgan fingerprint density at radius 1 is 1.20 bits per heavy atom. The van der Waals surface area contributed by atoms with Gasteiger partial charge in [-0.2, -0.15) is 0 Å². The van der Waals surface area contributed by atoms with Gasteiger partial charge in [-0.3, -0.25) is 0 Å². The minimum absolute atomic E-state index is 0.469. The molecule has 1 N–H and O–H groups in total. The Hall–Kier alpha value is -1.96. The van der Waals surface area contributed by atoms with E-state index in [0.717, 1.165) is 5.76 Å². The lowest BCUT2D eigenvalue weighted by Crippen LogP contribution is -2.48. The summed E-state index contributed by atoms with van der Waals surface area (Å²) in [7, 11) is 1.75. The van der Waals surface area contributed by atoms with Gasteiger partial charge in [0.05, 0.1) is 7.11 Å². The number of benzene rings is 1. The van der Waals surface area contributed by atoms with Gasteiger partial charge >= 0.3 is 0 Å². The van der Waals surface area contributed by atoms with Crippen molar-refractivity contribution in [3.63, 3.8) is 0 Å². The van der Waals surface area contributed by atoms with E-state index in [2.05, 4.69) is 54.0 Å². The highest BCUT2D eigenvalue weighted by Gasteiger charge is 2.35. The summed E-state index contributed by atoms with van der Waals surface area (Å²) in [6.45, 7) is 0. The molecule has 0 aromatic heterocycles. The lowest BCUT2D eigenvalue weighted by molar-refractivity contribution is 0.292. The van der Waals surface area contributed by atoms with Crippen molar-refractivity contribution < 1.29 is 4.74 Å². The molecule has 1 aromatic rings. The topological polar surface area (TPSA) is 21.3 Å². The standard InChI is InChI=1S/C18H19NO/c1-20-14-8-6-12-7-9-17-18(16(12)10-14)15-5-3-2-4-13(15)11-19-17/h2-6,8,10-12,16-17,19H,7,9H2,1H3. The van der Waals surface area contributed by atoms with Crippen molar-refractivity contribution in [1.82, 2.24) is 5.32 Å². The molecule has 2 heteroatoms. The van der Waals surface area contributed by atoms with Crippen LogP contribution in [0.25, 0.3) is 11.8 Å². The molecule has 20 heavy (non-hydrogen) atoms. The van der Waals surface area contributed by atoms with Crippen molar-refractivity contribution in [3.05, 3.63) is 58.7 Å². The van der Waals surface area contributed by atoms with Gasteiger partial charge < -0.3 is 10.1 Å². The van der Waals surface area contributed by atoms with Crippen LogP contribution in [0, 0.1) is 11.8 Å². The molecule has 1 aromatic carbocycles. The van der Waals surface area contributed by atoms with Crippen molar-refractivity contribution >= 4 is 11.8 Å². The minimum Gasteiger partial charge on any atom is -0.497 e. The van der Waals surface area contributed by atoms with E-state index in [-0.39, 0.29) is 0 Å². The molecule has 1 saturated carbocycles. The molecule has 1 aliphatic heterocycles. The molecule has 0 saturated heterocycles. The Morgan fingerprint density at radius 3 is 3.00 bits per heavy atom. The fraction of sp³-hybridized carbons (Fsp3) is 0.333. The predicted molar refractivity (Wildman–Crippen MR) is 80.9 cm³/mol. The van der Waals surface area contributed by atoms with Gasteiger partial charge in [0, 0.05) is 18.2 Å². The van der Waals surface area contributed by atoms with Crippen LogP contribution < -0.4 is 15.8 Å². The third kappa shape index (κ3) is 1.71. The molecule has 3 aliphatic rings. The van der Waals surface area contributed by atoms with Crippen LogP contribution in [0.3, 0.4) is 0 Å². The lowest BCUT2D eigenvalue weighted by Gasteiger charge is -2.39. The molecule has 1 heterocycles. The van der Waals surface area contributed by atoms with Gasteiger partial charge in [0.1, 0.15) is 5.76 Å². The van der Waals surface area contributed by atoms with Crippen molar-refractivity contribution in [2.45, 2.75) is 18.9 Å². The summed E-state index contributed by atoms with van der Waals surface area (Å²) >= 11 is 0. The van der Waals surface area contributed by atoms with Crippen molar-refractivity contribution in [2.75, 3.05) is 7.11 Å². The summed E-state index contributed by atoms with van der Waals surface area (Å²) in [6, 6.07) is 9.18. The Morgan fingerprint density at radius 2 is 2.10 bits per heavy atom. The van der Waals surface area contributed by atoms with E-state index < -0.39 is 0 Å². The number of nitrogens with one attached hydrogen (secondary N) is 1. The zero-order valence-corrected chi connectivity index (χ0v) is 11.7. The molecule has 102 valence electrons. The van der Waals surface area contributed by atoms with E-state index >= 15 is 0 Å². The fourth-order valence-electron chi connectivity index (χ4n) is 3.79. The number of allylic oxidation sites excluding steroid dienone is 3. The highest BCUT2D eigenvalue weighted by molar-refractivity contribution is 5.62. The van der Waals surface area contributed by atoms with E-state index in [9.17, 15) is 0 Å². The maximum Gasteiger partial charge on any atom is 0.115 e. The first-order valence-corrected chi connectivity index (χ1v) is 7.36. The van der Waals surface area contributed by atoms with Crippen LogP contribution in [0.5, 0.6) is 0 Å². The van der Waals surface area contributed by atoms with E-state index in [4.69, 9.17) is 4.74 Å². The van der Waals surface area contributed by atoms with Gasteiger partial charge in [0.15, 0.2) is 0 Å². The average molecular weight is 265 g/mol. The van der Waals surface area contributed by atoms with Gasteiger partial charge in [-0.05, 0) is 46.9 Å². The molecule has 2 nitrogen and oxygen atoms in total. The number of rotatable bonds is 1. The SMILES string of the molecule is COC1=CC2C3=c4ccccc4=CNC3CCC2C=C1. The number of fused-ring (bicyclic) bond motifs is 4. The Kier molecular flexibility index (Phi) is 2.69. The zero-order chi connectivity index (χ0) is 13.5. The number of hydrogen-bond donors (Lipinski definition) is 1. The molecule has 4 rings (SSSR count). The second kappa shape index (κ2) is 4.55. The molecule has 0 bridgehead atoms. The number of methoxy groups -OCH3 is 1. The number of hydrogen-bond acceptors (Lipinski definition) is 2. The quantitative estimate of drug-likeness (QED) is 0.834. The first-order chi connectivity index (χ1) is 9.86. The molecule has 3 unspecified atom stereocenters. The molecule has 3 atom stereocenters. The molecular weight excluding hydrogens is 246 g/mol. The summed E-state index contributed by atoms with van der Waals surface area (Å²) in [6.07, 6.45) is 11.4. The van der Waals surface area contributed by atoms with Crippen molar-refractivity contribution in [2.24, 2.45) is 11.8 Å². The Bertz CT molecular complexity index is 713. The molecule has 2 aliphatic carbocycles. The average Bonchev–Trinajstić information content (AvgIpc) is 2.53. The largest absolute Gasteiger partial charge is 0.497 e. The van der Waals surface area contributed by atoms with Gasteiger partial charge in [0.25, 0.3) is 0 Å². The van der Waals surface area contributed by atoms with Crippen molar-refractivity contribution in [1.29, 1.82) is 0 Å². The monoisotopic (exact) mass is 265 g/mol. The van der Waals surface area contributed by atoms with Gasteiger partial charge in [-0.15, -0.1) is 0 Å². The van der Waals surface area contributed by atoms with Crippen LogP contribution in [0.4, 0.5) is 0 Å². The molecule has 1 fully saturated rings. The smallest absolute Gasteiger partial charge is 0.115 e. The zero-order valence-electron chi connectivity index (χ0n) is 11.7. The van der Waals surface area contributed by atoms with Crippen LogP contribution in [0.1, 0.15) is 12.8 Å². The van der Waals surface area contributed by atoms with Crippen LogP contribution >= 0.6 is 0 Å². The summed E-state index contributed by atoms with van der Waals surface area (Å²) in [4.78, 5) is 0. The molecule has 0 spiro atoms. The van der Waals surface area contributed by atoms with Crippen molar-refractivity contribution in [3.8, 4) is 0 Å². The highest BCUT2D eigenvalue weighted by atomic mass is 16.5. The second-order valence-electron chi connectivity index (χ2n) is 5.81. The maximum absolute atomic E-state index is 5.44. The molecule has 0 amide bonds. The molecule has 0 radical (unpaired) electrons. The molecular formula is C18H19NO. The van der Waals surface area contributed by atoms with Gasteiger partial charge in [-0.1, -0.05) is 30.3 Å². The highest BCUT2D eigenvalue weighted by Crippen LogP contribution is 2.40. The third-order valence-corrected chi connectivity index (χ3v) is 4.78. The minimum atomic E-state index is 0.469. The summed E-state index contributed by atoms with van der Waals surface area (Å²) in [5.74, 6) is 2.08. The van der Waals surface area contributed by atoms with E-state index in [1.165, 1.54) is 23.3 Å². The second-order valence-corrected chi connectivity index (χ2v) is 5.81. The Balaban J connectivity index is 1.94. The first kappa shape index (κ1) is 11.8. The van der Waals surface area contributed by atoms with Crippen LogP contribution in [-0.2, 0) is 4.74 Å². The van der Waals surface area contributed by atoms with E-state index in [1.54, 1.807) is 12.7 Å². The normalized spacial score (nSPS) is 30.1. The van der Waals surface area contributed by atoms with Crippen LogP contribution in [0.2, 0.25) is 0 Å². The summed E-state index contributed by atoms with van der Waals surface area (Å²) < 4.78 is 5.44. The first-order valence-electron chi connectivity index (χ1n) is 7.36. The summed E-state index contributed by atoms with van der Waals surface area (Å²) in [5.41, 5.74) is 1.54. The van der Waals surface area contributed by atoms with E-state index in [0.29, 0.717) is 17.9 Å².